The summed E-state index contributed by atoms with van der Waals surface area (Å²) in [7, 11) is 0. The number of carbonyl (C=O) groups is 1. The lowest BCUT2D eigenvalue weighted by atomic mass is 10.0. The average molecular weight is 282 g/mol. The number of carbonyl (C=O) groups excluding carboxylic acids is 1. The molecule has 0 aliphatic rings. The van der Waals surface area contributed by atoms with Gasteiger partial charge in [0.15, 0.2) is 0 Å². The molecule has 0 aliphatic heterocycles. The minimum atomic E-state index is 0.294. The maximum absolute atomic E-state index is 11.8. The Hall–Kier alpha value is -2.09. The van der Waals surface area contributed by atoms with E-state index in [0.29, 0.717) is 31.1 Å². The molecule has 0 unspecified atom stereocenters. The zero-order chi connectivity index (χ0) is 15.1. The van der Waals surface area contributed by atoms with Crippen molar-refractivity contribution in [1.82, 2.24) is 0 Å². The van der Waals surface area contributed by atoms with Crippen LogP contribution in [0.4, 0.5) is 0 Å². The van der Waals surface area contributed by atoms with Crippen LogP contribution in [-0.4, -0.2) is 5.78 Å². The third-order valence-corrected chi connectivity index (χ3v) is 3.21. The summed E-state index contributed by atoms with van der Waals surface area (Å²) in [6, 6.07) is 17.9. The lowest BCUT2D eigenvalue weighted by Crippen LogP contribution is -2.06. The molecule has 0 radical (unpaired) electrons. The number of ether oxygens (including phenoxy) is 1. The fourth-order valence-corrected chi connectivity index (χ4v) is 2.20. The summed E-state index contributed by atoms with van der Waals surface area (Å²) in [6.45, 7) is 4.70. The van der Waals surface area contributed by atoms with Gasteiger partial charge >= 0.3 is 0 Å². The largest absolute Gasteiger partial charge is 0.489 e. The van der Waals surface area contributed by atoms with E-state index in [1.807, 2.05) is 54.6 Å². The van der Waals surface area contributed by atoms with E-state index in [9.17, 15) is 4.79 Å². The molecule has 21 heavy (non-hydrogen) atoms. The SMILES string of the molecule is CC(C)CC(=O)Cc1ccc(OCc2ccccc2)cc1. The molecule has 0 atom stereocenters. The van der Waals surface area contributed by atoms with Crippen LogP contribution >= 0.6 is 0 Å². The summed E-state index contributed by atoms with van der Waals surface area (Å²) in [5.41, 5.74) is 2.20. The van der Waals surface area contributed by atoms with E-state index >= 15 is 0 Å². The highest BCUT2D eigenvalue weighted by Gasteiger charge is 2.06. The Morgan fingerprint density at radius 2 is 1.62 bits per heavy atom. The predicted octanol–water partition coefficient (Wildman–Crippen LogP) is 4.42. The number of hydrogen-bond acceptors (Lipinski definition) is 2. The number of hydrogen-bond donors (Lipinski definition) is 0. The average Bonchev–Trinajstić information content (AvgIpc) is 2.47. The number of Topliss-reactive ketones (excluding diaryl/α,β-unsaturated/α-hetero) is 1. The molecule has 0 saturated heterocycles. The van der Waals surface area contributed by atoms with E-state index in [1.54, 1.807) is 0 Å². The van der Waals surface area contributed by atoms with Crippen LogP contribution < -0.4 is 4.74 Å². The van der Waals surface area contributed by atoms with E-state index in [-0.39, 0.29) is 0 Å². The van der Waals surface area contributed by atoms with E-state index in [0.717, 1.165) is 16.9 Å². The Morgan fingerprint density at radius 1 is 0.952 bits per heavy atom. The maximum atomic E-state index is 11.8. The van der Waals surface area contributed by atoms with Crippen LogP contribution in [0.2, 0.25) is 0 Å². The quantitative estimate of drug-likeness (QED) is 0.751. The van der Waals surface area contributed by atoms with E-state index < -0.39 is 0 Å². The molecule has 110 valence electrons. The minimum absolute atomic E-state index is 0.294. The van der Waals surface area contributed by atoms with Crippen molar-refractivity contribution < 1.29 is 9.53 Å². The lowest BCUT2D eigenvalue weighted by molar-refractivity contribution is -0.119. The summed E-state index contributed by atoms with van der Waals surface area (Å²) >= 11 is 0. The molecule has 0 heterocycles. The second kappa shape index (κ2) is 7.63. The molecular weight excluding hydrogens is 260 g/mol. The van der Waals surface area contributed by atoms with Gasteiger partial charge in [-0.05, 0) is 29.2 Å². The van der Waals surface area contributed by atoms with Gasteiger partial charge in [-0.3, -0.25) is 4.79 Å². The molecule has 0 N–H and O–H groups in total. The van der Waals surface area contributed by atoms with Crippen molar-refractivity contribution in [2.24, 2.45) is 5.92 Å². The van der Waals surface area contributed by atoms with E-state index in [1.165, 1.54) is 0 Å². The molecule has 0 spiro atoms. The fraction of sp³-hybridized carbons (Fsp3) is 0.316. The van der Waals surface area contributed by atoms with Crippen molar-refractivity contribution >= 4 is 5.78 Å². The fourth-order valence-electron chi connectivity index (χ4n) is 2.20. The minimum Gasteiger partial charge on any atom is -0.489 e. The zero-order valence-electron chi connectivity index (χ0n) is 12.7. The smallest absolute Gasteiger partial charge is 0.137 e. The number of ketones is 1. The molecule has 0 amide bonds. The highest BCUT2D eigenvalue weighted by Crippen LogP contribution is 2.15. The standard InChI is InChI=1S/C19H22O2/c1-15(2)12-18(20)13-16-8-10-19(11-9-16)21-14-17-6-4-3-5-7-17/h3-11,15H,12-14H2,1-2H3. The summed E-state index contributed by atoms with van der Waals surface area (Å²) in [6.07, 6.45) is 1.16. The Bertz CT molecular complexity index is 556. The van der Waals surface area contributed by atoms with Crippen molar-refractivity contribution in [3.05, 3.63) is 65.7 Å². The maximum Gasteiger partial charge on any atom is 0.137 e. The van der Waals surface area contributed by atoms with Gasteiger partial charge in [-0.1, -0.05) is 56.3 Å². The van der Waals surface area contributed by atoms with Crippen molar-refractivity contribution in [3.63, 3.8) is 0 Å². The third kappa shape index (κ3) is 5.42. The number of rotatable bonds is 7. The summed E-state index contributed by atoms with van der Waals surface area (Å²) in [5, 5.41) is 0. The van der Waals surface area contributed by atoms with Crippen molar-refractivity contribution in [1.29, 1.82) is 0 Å². The molecule has 2 aromatic carbocycles. The Morgan fingerprint density at radius 3 is 2.24 bits per heavy atom. The van der Waals surface area contributed by atoms with E-state index in [4.69, 9.17) is 4.74 Å². The van der Waals surface area contributed by atoms with Crippen LogP contribution in [0.25, 0.3) is 0 Å². The van der Waals surface area contributed by atoms with Gasteiger partial charge in [-0.2, -0.15) is 0 Å². The van der Waals surface area contributed by atoms with Crippen molar-refractivity contribution in [3.8, 4) is 5.75 Å². The summed E-state index contributed by atoms with van der Waals surface area (Å²) in [4.78, 5) is 11.8. The Labute approximate surface area is 126 Å². The first-order chi connectivity index (χ1) is 10.1. The highest BCUT2D eigenvalue weighted by molar-refractivity contribution is 5.81. The highest BCUT2D eigenvalue weighted by atomic mass is 16.5. The van der Waals surface area contributed by atoms with Crippen LogP contribution in [0.1, 0.15) is 31.4 Å². The molecule has 0 aromatic heterocycles. The van der Waals surface area contributed by atoms with Gasteiger partial charge in [0.25, 0.3) is 0 Å². The van der Waals surface area contributed by atoms with E-state index in [2.05, 4.69) is 13.8 Å². The Kier molecular flexibility index (Phi) is 5.56. The van der Waals surface area contributed by atoms with Gasteiger partial charge < -0.3 is 4.74 Å². The first-order valence-corrected chi connectivity index (χ1v) is 7.41. The third-order valence-electron chi connectivity index (χ3n) is 3.21. The normalized spacial score (nSPS) is 10.6. The first-order valence-electron chi connectivity index (χ1n) is 7.41. The molecule has 2 nitrogen and oxygen atoms in total. The Balaban J connectivity index is 1.86. The molecule has 0 fully saturated rings. The van der Waals surface area contributed by atoms with Gasteiger partial charge in [0.1, 0.15) is 18.1 Å². The molecule has 0 saturated carbocycles. The molecule has 2 rings (SSSR count). The van der Waals surface area contributed by atoms with Crippen LogP contribution in [0.3, 0.4) is 0 Å². The van der Waals surface area contributed by atoms with Crippen LogP contribution in [0.5, 0.6) is 5.75 Å². The summed E-state index contributed by atoms with van der Waals surface area (Å²) < 4.78 is 5.73. The predicted molar refractivity (Wildman–Crippen MR) is 85.4 cm³/mol. The van der Waals surface area contributed by atoms with Gasteiger partial charge in [-0.15, -0.1) is 0 Å². The summed E-state index contributed by atoms with van der Waals surface area (Å²) in [5.74, 6) is 1.55. The topological polar surface area (TPSA) is 26.3 Å². The first kappa shape index (κ1) is 15.3. The van der Waals surface area contributed by atoms with Gasteiger partial charge in [-0.25, -0.2) is 0 Å². The van der Waals surface area contributed by atoms with Crippen LogP contribution in [0.15, 0.2) is 54.6 Å². The van der Waals surface area contributed by atoms with Gasteiger partial charge in [0.05, 0.1) is 0 Å². The van der Waals surface area contributed by atoms with Gasteiger partial charge in [0.2, 0.25) is 0 Å². The zero-order valence-corrected chi connectivity index (χ0v) is 12.7. The number of benzene rings is 2. The molecular formula is C19H22O2. The lowest BCUT2D eigenvalue weighted by Gasteiger charge is -2.08. The molecule has 2 heteroatoms. The molecule has 2 aromatic rings. The van der Waals surface area contributed by atoms with Crippen molar-refractivity contribution in [2.45, 2.75) is 33.3 Å². The second-order valence-electron chi connectivity index (χ2n) is 5.73. The molecule has 0 bridgehead atoms. The molecule has 0 aliphatic carbocycles. The second-order valence-corrected chi connectivity index (χ2v) is 5.73. The van der Waals surface area contributed by atoms with Crippen LogP contribution in [-0.2, 0) is 17.8 Å². The van der Waals surface area contributed by atoms with Crippen molar-refractivity contribution in [2.75, 3.05) is 0 Å². The van der Waals surface area contributed by atoms with Gasteiger partial charge in [0, 0.05) is 12.8 Å². The van der Waals surface area contributed by atoms with Crippen LogP contribution in [0, 0.1) is 5.92 Å². The monoisotopic (exact) mass is 282 g/mol.